The maximum Gasteiger partial charge on any atom is 0.00419 e. The lowest BCUT2D eigenvalue weighted by atomic mass is 9.89. The number of nitrogens with one attached hydrogen (secondary N) is 1. The Morgan fingerprint density at radius 1 is 1.50 bits per heavy atom. The smallest absolute Gasteiger partial charge is 0.00419 e. The van der Waals surface area contributed by atoms with E-state index in [1.807, 2.05) is 0 Å². The molecule has 1 rings (SSSR count). The molecule has 0 aromatic carbocycles. The minimum Gasteiger partial charge on any atom is -0.316 e. The van der Waals surface area contributed by atoms with E-state index in [1.165, 1.54) is 26.1 Å². The van der Waals surface area contributed by atoms with Gasteiger partial charge < -0.3 is 10.2 Å². The molecule has 10 heavy (non-hydrogen) atoms. The number of nitrogens with zero attached hydrogens (tertiary/aromatic N) is 1. The van der Waals surface area contributed by atoms with E-state index in [2.05, 4.69) is 31.2 Å². The first-order chi connectivity index (χ1) is 4.62. The van der Waals surface area contributed by atoms with Gasteiger partial charge in [0, 0.05) is 13.1 Å². The minimum atomic E-state index is 0.531. The molecule has 0 saturated carbocycles. The van der Waals surface area contributed by atoms with Crippen LogP contribution in [0.15, 0.2) is 0 Å². The lowest BCUT2D eigenvalue weighted by Gasteiger charge is -2.26. The van der Waals surface area contributed by atoms with Crippen LogP contribution in [0.2, 0.25) is 0 Å². The van der Waals surface area contributed by atoms with Gasteiger partial charge in [0.1, 0.15) is 0 Å². The van der Waals surface area contributed by atoms with Gasteiger partial charge in [0.2, 0.25) is 0 Å². The summed E-state index contributed by atoms with van der Waals surface area (Å²) < 4.78 is 0. The van der Waals surface area contributed by atoms with Gasteiger partial charge in [-0.2, -0.15) is 0 Å². The molecule has 1 saturated heterocycles. The van der Waals surface area contributed by atoms with E-state index >= 15 is 0 Å². The number of hydrogen-bond acceptors (Lipinski definition) is 2. The highest BCUT2D eigenvalue weighted by atomic mass is 15.1. The van der Waals surface area contributed by atoms with Crippen LogP contribution >= 0.6 is 0 Å². The van der Waals surface area contributed by atoms with Gasteiger partial charge >= 0.3 is 0 Å². The Morgan fingerprint density at radius 3 is 2.60 bits per heavy atom. The average Bonchev–Trinajstić information content (AvgIpc) is 2.12. The van der Waals surface area contributed by atoms with Gasteiger partial charge in [0.25, 0.3) is 0 Å². The fourth-order valence-electron chi connectivity index (χ4n) is 1.77. The van der Waals surface area contributed by atoms with Crippen molar-refractivity contribution in [3.05, 3.63) is 0 Å². The molecule has 0 amide bonds. The van der Waals surface area contributed by atoms with Crippen molar-refractivity contribution in [3.63, 3.8) is 0 Å². The van der Waals surface area contributed by atoms with E-state index in [0.29, 0.717) is 5.41 Å². The van der Waals surface area contributed by atoms with Crippen molar-refractivity contribution in [2.75, 3.05) is 33.7 Å². The van der Waals surface area contributed by atoms with Crippen molar-refractivity contribution in [1.29, 1.82) is 0 Å². The molecule has 0 bridgehead atoms. The van der Waals surface area contributed by atoms with Crippen molar-refractivity contribution < 1.29 is 0 Å². The molecule has 1 heterocycles. The second kappa shape index (κ2) is 2.89. The maximum atomic E-state index is 3.39. The first kappa shape index (κ1) is 8.02. The van der Waals surface area contributed by atoms with Gasteiger partial charge in [-0.05, 0) is 32.5 Å². The van der Waals surface area contributed by atoms with E-state index in [1.54, 1.807) is 0 Å². The van der Waals surface area contributed by atoms with Crippen molar-refractivity contribution in [2.24, 2.45) is 5.41 Å². The third kappa shape index (κ3) is 1.96. The summed E-state index contributed by atoms with van der Waals surface area (Å²) >= 11 is 0. The molecular weight excluding hydrogens is 124 g/mol. The summed E-state index contributed by atoms with van der Waals surface area (Å²) in [6.07, 6.45) is 1.32. The van der Waals surface area contributed by atoms with Crippen LogP contribution < -0.4 is 5.32 Å². The first-order valence-corrected chi connectivity index (χ1v) is 3.98. The molecule has 2 heteroatoms. The van der Waals surface area contributed by atoms with Crippen molar-refractivity contribution >= 4 is 0 Å². The van der Waals surface area contributed by atoms with E-state index in [-0.39, 0.29) is 0 Å². The van der Waals surface area contributed by atoms with Gasteiger partial charge in [-0.25, -0.2) is 0 Å². The Kier molecular flexibility index (Phi) is 2.32. The predicted molar refractivity (Wildman–Crippen MR) is 44.1 cm³/mol. The lowest BCUT2D eigenvalue weighted by Crippen LogP contribution is -2.32. The molecule has 0 aromatic rings. The van der Waals surface area contributed by atoms with Crippen molar-refractivity contribution in [3.8, 4) is 0 Å². The molecule has 60 valence electrons. The van der Waals surface area contributed by atoms with E-state index in [9.17, 15) is 0 Å². The van der Waals surface area contributed by atoms with Crippen LogP contribution in [0.25, 0.3) is 0 Å². The van der Waals surface area contributed by atoms with E-state index in [0.717, 1.165) is 0 Å². The van der Waals surface area contributed by atoms with Crippen molar-refractivity contribution in [2.45, 2.75) is 13.3 Å². The van der Waals surface area contributed by atoms with Crippen LogP contribution in [0.4, 0.5) is 0 Å². The molecule has 1 fully saturated rings. The molecule has 0 aromatic heterocycles. The summed E-state index contributed by atoms with van der Waals surface area (Å²) in [5.41, 5.74) is 0.531. The molecule has 1 N–H and O–H groups in total. The fourth-order valence-corrected chi connectivity index (χ4v) is 1.77. The molecule has 0 spiro atoms. The quantitative estimate of drug-likeness (QED) is 0.605. The summed E-state index contributed by atoms with van der Waals surface area (Å²) in [6.45, 7) is 5.95. The summed E-state index contributed by atoms with van der Waals surface area (Å²) in [7, 11) is 4.28. The zero-order valence-electron chi connectivity index (χ0n) is 7.28. The van der Waals surface area contributed by atoms with Gasteiger partial charge in [0.15, 0.2) is 0 Å². The minimum absolute atomic E-state index is 0.531. The van der Waals surface area contributed by atoms with Gasteiger partial charge in [-0.1, -0.05) is 6.92 Å². The maximum absolute atomic E-state index is 3.39. The summed E-state index contributed by atoms with van der Waals surface area (Å²) in [6, 6.07) is 0. The van der Waals surface area contributed by atoms with Crippen LogP contribution in [-0.4, -0.2) is 38.6 Å². The van der Waals surface area contributed by atoms with Gasteiger partial charge in [0.05, 0.1) is 0 Å². The molecular formula is C8H18N2. The zero-order valence-corrected chi connectivity index (χ0v) is 7.28. The molecule has 1 unspecified atom stereocenters. The standard InChI is InChI=1S/C8H18N2/c1-8(7-10(2)3)4-5-9-6-8/h9H,4-7H2,1-3H3. The molecule has 0 radical (unpaired) electrons. The fraction of sp³-hybridized carbons (Fsp3) is 1.00. The highest BCUT2D eigenvalue weighted by Gasteiger charge is 2.28. The highest BCUT2D eigenvalue weighted by molar-refractivity contribution is 4.85. The van der Waals surface area contributed by atoms with E-state index in [4.69, 9.17) is 0 Å². The molecule has 1 atom stereocenters. The monoisotopic (exact) mass is 142 g/mol. The van der Waals surface area contributed by atoms with Crippen LogP contribution in [0.1, 0.15) is 13.3 Å². The van der Waals surface area contributed by atoms with Crippen LogP contribution in [-0.2, 0) is 0 Å². The Labute approximate surface area is 63.6 Å². The second-order valence-corrected chi connectivity index (χ2v) is 3.98. The zero-order chi connectivity index (χ0) is 7.61. The predicted octanol–water partition coefficient (Wildman–Crippen LogP) is 0.548. The normalized spacial score (nSPS) is 33.6. The topological polar surface area (TPSA) is 15.3 Å². The Bertz CT molecular complexity index is 104. The largest absolute Gasteiger partial charge is 0.316 e. The van der Waals surface area contributed by atoms with Gasteiger partial charge in [-0.3, -0.25) is 0 Å². The number of rotatable bonds is 2. The number of hydrogen-bond donors (Lipinski definition) is 1. The molecule has 0 aliphatic carbocycles. The third-order valence-corrected chi connectivity index (χ3v) is 2.16. The van der Waals surface area contributed by atoms with Crippen LogP contribution in [0.3, 0.4) is 0 Å². The molecule has 1 aliphatic rings. The third-order valence-electron chi connectivity index (χ3n) is 2.16. The molecule has 2 nitrogen and oxygen atoms in total. The summed E-state index contributed by atoms with van der Waals surface area (Å²) in [5.74, 6) is 0. The Balaban J connectivity index is 2.36. The van der Waals surface area contributed by atoms with Crippen molar-refractivity contribution in [1.82, 2.24) is 10.2 Å². The lowest BCUT2D eigenvalue weighted by molar-refractivity contribution is 0.240. The van der Waals surface area contributed by atoms with Crippen LogP contribution in [0, 0.1) is 5.41 Å². The average molecular weight is 142 g/mol. The van der Waals surface area contributed by atoms with Gasteiger partial charge in [-0.15, -0.1) is 0 Å². The Hall–Kier alpha value is -0.0800. The summed E-state index contributed by atoms with van der Waals surface area (Å²) in [4.78, 5) is 2.27. The highest BCUT2D eigenvalue weighted by Crippen LogP contribution is 2.24. The molecule has 1 aliphatic heterocycles. The first-order valence-electron chi connectivity index (χ1n) is 3.98. The van der Waals surface area contributed by atoms with Crippen LogP contribution in [0.5, 0.6) is 0 Å². The SMILES string of the molecule is CN(C)CC1(C)CCNC1. The summed E-state index contributed by atoms with van der Waals surface area (Å²) in [5, 5.41) is 3.39. The second-order valence-electron chi connectivity index (χ2n) is 3.98. The van der Waals surface area contributed by atoms with E-state index < -0.39 is 0 Å². The Morgan fingerprint density at radius 2 is 2.20 bits per heavy atom.